The molecule has 29 heavy (non-hydrogen) atoms. The molecule has 0 radical (unpaired) electrons. The lowest BCUT2D eigenvalue weighted by molar-refractivity contribution is -0.115. The lowest BCUT2D eigenvalue weighted by Crippen LogP contribution is -2.32. The zero-order valence-electron chi connectivity index (χ0n) is 16.1. The molecular weight excluding hydrogens is 368 g/mol. The van der Waals surface area contributed by atoms with Crippen LogP contribution >= 0.6 is 0 Å². The summed E-state index contributed by atoms with van der Waals surface area (Å²) in [5.41, 5.74) is 1.08. The minimum atomic E-state index is -0.324. The summed E-state index contributed by atoms with van der Waals surface area (Å²) in [6.07, 6.45) is 0. The normalized spacial score (nSPS) is 10.1. The van der Waals surface area contributed by atoms with Gasteiger partial charge in [-0.1, -0.05) is 18.2 Å². The van der Waals surface area contributed by atoms with Gasteiger partial charge in [-0.2, -0.15) is 0 Å². The van der Waals surface area contributed by atoms with Gasteiger partial charge in [-0.15, -0.1) is 0 Å². The summed E-state index contributed by atoms with van der Waals surface area (Å²) in [6.45, 7) is 2.32. The molecule has 0 fully saturated rings. The second-order valence-electron chi connectivity index (χ2n) is 6.13. The zero-order valence-corrected chi connectivity index (χ0v) is 16.1. The number of rotatable bonds is 8. The minimum absolute atomic E-state index is 0.131. The number of nitrogens with one attached hydrogen (secondary N) is 2. The Morgan fingerprint density at radius 3 is 2.07 bits per heavy atom. The maximum absolute atomic E-state index is 12.1. The van der Waals surface area contributed by atoms with Crippen molar-refractivity contribution in [1.82, 2.24) is 5.32 Å². The van der Waals surface area contributed by atoms with E-state index in [0.717, 1.165) is 5.75 Å². The average molecular weight is 390 g/mol. The number of anilines is 1. The van der Waals surface area contributed by atoms with E-state index in [4.69, 9.17) is 9.47 Å². The molecule has 3 aromatic rings. The van der Waals surface area contributed by atoms with E-state index in [0.29, 0.717) is 29.4 Å². The molecule has 3 aromatic carbocycles. The van der Waals surface area contributed by atoms with Gasteiger partial charge in [0.25, 0.3) is 5.91 Å². The van der Waals surface area contributed by atoms with Gasteiger partial charge in [-0.25, -0.2) is 0 Å². The third-order valence-electron chi connectivity index (χ3n) is 3.95. The Morgan fingerprint density at radius 2 is 1.41 bits per heavy atom. The van der Waals surface area contributed by atoms with E-state index in [2.05, 4.69) is 10.6 Å². The smallest absolute Gasteiger partial charge is 0.251 e. The molecule has 0 aromatic heterocycles. The molecule has 3 rings (SSSR count). The Balaban J connectivity index is 1.47. The summed E-state index contributed by atoms with van der Waals surface area (Å²) in [7, 11) is 0. The van der Waals surface area contributed by atoms with Crippen molar-refractivity contribution in [2.45, 2.75) is 6.92 Å². The zero-order chi connectivity index (χ0) is 20.5. The number of benzene rings is 3. The molecule has 6 nitrogen and oxygen atoms in total. The number of hydrogen-bond donors (Lipinski definition) is 2. The average Bonchev–Trinajstić information content (AvgIpc) is 2.75. The van der Waals surface area contributed by atoms with Crippen LogP contribution in [0.1, 0.15) is 17.3 Å². The molecule has 0 saturated heterocycles. The van der Waals surface area contributed by atoms with Gasteiger partial charge in [-0.3, -0.25) is 9.59 Å². The number of carbonyl (C=O) groups excluding carboxylic acids is 2. The Kier molecular flexibility index (Phi) is 6.84. The van der Waals surface area contributed by atoms with Crippen LogP contribution in [0.5, 0.6) is 17.2 Å². The summed E-state index contributed by atoms with van der Waals surface area (Å²) in [5, 5.41) is 5.33. The van der Waals surface area contributed by atoms with E-state index in [-0.39, 0.29) is 18.4 Å². The first kappa shape index (κ1) is 19.9. The Labute approximate surface area is 169 Å². The topological polar surface area (TPSA) is 76.7 Å². The first-order chi connectivity index (χ1) is 14.1. The van der Waals surface area contributed by atoms with Crippen LogP contribution in [0.3, 0.4) is 0 Å². The van der Waals surface area contributed by atoms with Crippen LogP contribution in [0.15, 0.2) is 78.9 Å². The van der Waals surface area contributed by atoms with E-state index in [1.54, 1.807) is 48.5 Å². The van der Waals surface area contributed by atoms with Gasteiger partial charge in [0.2, 0.25) is 5.91 Å². The highest BCUT2D eigenvalue weighted by Crippen LogP contribution is 2.22. The van der Waals surface area contributed by atoms with E-state index in [1.807, 2.05) is 37.3 Å². The molecule has 2 amide bonds. The number of ether oxygens (including phenoxy) is 2. The summed E-state index contributed by atoms with van der Waals surface area (Å²) in [4.78, 5) is 24.2. The van der Waals surface area contributed by atoms with Crippen LogP contribution in [-0.2, 0) is 4.79 Å². The van der Waals surface area contributed by atoms with Crippen LogP contribution in [-0.4, -0.2) is 25.0 Å². The maximum Gasteiger partial charge on any atom is 0.251 e. The summed E-state index contributed by atoms with van der Waals surface area (Å²) in [5.74, 6) is 1.46. The Hall–Kier alpha value is -3.80. The number of para-hydroxylation sites is 1. The molecule has 0 saturated carbocycles. The van der Waals surface area contributed by atoms with E-state index in [1.165, 1.54) is 0 Å². The van der Waals surface area contributed by atoms with Gasteiger partial charge in [0, 0.05) is 11.3 Å². The second-order valence-corrected chi connectivity index (χ2v) is 6.13. The molecule has 0 atom stereocenters. The van der Waals surface area contributed by atoms with Gasteiger partial charge >= 0.3 is 0 Å². The van der Waals surface area contributed by atoms with E-state index >= 15 is 0 Å². The van der Waals surface area contributed by atoms with Crippen LogP contribution in [0.25, 0.3) is 0 Å². The van der Waals surface area contributed by atoms with Gasteiger partial charge in [0.05, 0.1) is 13.2 Å². The Bertz CT molecular complexity index is 939. The molecule has 6 heteroatoms. The quantitative estimate of drug-likeness (QED) is 0.603. The van der Waals surface area contributed by atoms with Gasteiger partial charge in [-0.05, 0) is 67.6 Å². The molecule has 148 valence electrons. The standard InChI is InChI=1S/C23H22N2O4/c1-2-28-19-12-8-17(9-13-19)23(27)24-16-22(26)25-18-10-14-21(15-11-18)29-20-6-4-3-5-7-20/h3-15H,2,16H2,1H3,(H,24,27)(H,25,26). The number of hydrogen-bond acceptors (Lipinski definition) is 4. The van der Waals surface area contributed by atoms with Gasteiger partial charge in [0.1, 0.15) is 17.2 Å². The predicted octanol–water partition coefficient (Wildman–Crippen LogP) is 4.25. The molecule has 0 heterocycles. The highest BCUT2D eigenvalue weighted by Gasteiger charge is 2.09. The predicted molar refractivity (Wildman–Crippen MR) is 112 cm³/mol. The highest BCUT2D eigenvalue weighted by molar-refractivity contribution is 5.99. The van der Waals surface area contributed by atoms with Gasteiger partial charge < -0.3 is 20.1 Å². The van der Waals surface area contributed by atoms with Crippen molar-refractivity contribution in [1.29, 1.82) is 0 Å². The number of amides is 2. The molecule has 0 spiro atoms. The SMILES string of the molecule is CCOc1ccc(C(=O)NCC(=O)Nc2ccc(Oc3ccccc3)cc2)cc1. The lowest BCUT2D eigenvalue weighted by atomic mass is 10.2. The molecule has 0 aliphatic rings. The second kappa shape index (κ2) is 9.94. The van der Waals surface area contributed by atoms with Crippen molar-refractivity contribution in [2.75, 3.05) is 18.5 Å². The summed E-state index contributed by atoms with van der Waals surface area (Å²) >= 11 is 0. The fraction of sp³-hybridized carbons (Fsp3) is 0.130. The largest absolute Gasteiger partial charge is 0.494 e. The molecule has 0 bridgehead atoms. The van der Waals surface area contributed by atoms with Crippen molar-refractivity contribution in [3.63, 3.8) is 0 Å². The first-order valence-corrected chi connectivity index (χ1v) is 9.28. The molecule has 0 unspecified atom stereocenters. The van der Waals surface area contributed by atoms with Crippen LogP contribution in [0.4, 0.5) is 5.69 Å². The first-order valence-electron chi connectivity index (χ1n) is 9.28. The van der Waals surface area contributed by atoms with Crippen molar-refractivity contribution in [3.05, 3.63) is 84.4 Å². The monoisotopic (exact) mass is 390 g/mol. The van der Waals surface area contributed by atoms with Crippen LogP contribution in [0, 0.1) is 0 Å². The summed E-state index contributed by atoms with van der Waals surface area (Å²) < 4.78 is 11.1. The summed E-state index contributed by atoms with van der Waals surface area (Å²) in [6, 6.07) is 23.2. The minimum Gasteiger partial charge on any atom is -0.494 e. The van der Waals surface area contributed by atoms with Crippen molar-refractivity contribution in [2.24, 2.45) is 0 Å². The molecule has 0 aliphatic carbocycles. The molecule has 0 aliphatic heterocycles. The van der Waals surface area contributed by atoms with Gasteiger partial charge in [0.15, 0.2) is 0 Å². The van der Waals surface area contributed by atoms with Crippen molar-refractivity contribution >= 4 is 17.5 Å². The third-order valence-corrected chi connectivity index (χ3v) is 3.95. The highest BCUT2D eigenvalue weighted by atomic mass is 16.5. The third kappa shape index (κ3) is 6.10. The van der Waals surface area contributed by atoms with Crippen LogP contribution < -0.4 is 20.1 Å². The van der Waals surface area contributed by atoms with Crippen molar-refractivity contribution in [3.8, 4) is 17.2 Å². The fourth-order valence-corrected chi connectivity index (χ4v) is 2.57. The van der Waals surface area contributed by atoms with Crippen LogP contribution in [0.2, 0.25) is 0 Å². The van der Waals surface area contributed by atoms with Crippen molar-refractivity contribution < 1.29 is 19.1 Å². The molecule has 2 N–H and O–H groups in total. The lowest BCUT2D eigenvalue weighted by Gasteiger charge is -2.09. The molecular formula is C23H22N2O4. The van der Waals surface area contributed by atoms with E-state index in [9.17, 15) is 9.59 Å². The van der Waals surface area contributed by atoms with E-state index < -0.39 is 0 Å². The number of carbonyl (C=O) groups is 2. The fourth-order valence-electron chi connectivity index (χ4n) is 2.57. The Morgan fingerprint density at radius 1 is 0.793 bits per heavy atom. The maximum atomic E-state index is 12.1.